The number of benzene rings is 2. The van der Waals surface area contributed by atoms with Gasteiger partial charge in [0.1, 0.15) is 5.75 Å². The fraction of sp³-hybridized carbons (Fsp3) is 0.158. The monoisotopic (exact) mass is 321 g/mol. The molecule has 2 aromatic carbocycles. The SMILES string of the molecule is COc1ccc(N=Cc2c(C)n(C)n(-c3ccccc3)c2=O)cc1. The zero-order chi connectivity index (χ0) is 17.1. The third-order valence-electron chi connectivity index (χ3n) is 4.01. The lowest BCUT2D eigenvalue weighted by Crippen LogP contribution is -2.20. The van der Waals surface area contributed by atoms with Crippen LogP contribution in [-0.2, 0) is 7.05 Å². The Labute approximate surface area is 140 Å². The molecule has 0 aliphatic carbocycles. The third kappa shape index (κ3) is 2.88. The summed E-state index contributed by atoms with van der Waals surface area (Å²) in [7, 11) is 3.49. The molecule has 0 spiro atoms. The molecule has 0 aliphatic heterocycles. The van der Waals surface area contributed by atoms with E-state index in [-0.39, 0.29) is 5.56 Å². The Morgan fingerprint density at radius 2 is 1.71 bits per heavy atom. The van der Waals surface area contributed by atoms with Gasteiger partial charge in [0, 0.05) is 19.0 Å². The molecule has 122 valence electrons. The highest BCUT2D eigenvalue weighted by Crippen LogP contribution is 2.18. The second kappa shape index (κ2) is 6.58. The number of ether oxygens (including phenoxy) is 1. The first-order chi connectivity index (χ1) is 11.6. The van der Waals surface area contributed by atoms with Gasteiger partial charge in [-0.2, -0.15) is 0 Å². The van der Waals surface area contributed by atoms with Crippen molar-refractivity contribution in [3.8, 4) is 11.4 Å². The van der Waals surface area contributed by atoms with Gasteiger partial charge in [-0.3, -0.25) is 14.5 Å². The quantitative estimate of drug-likeness (QED) is 0.693. The molecule has 3 aromatic rings. The van der Waals surface area contributed by atoms with Crippen molar-refractivity contribution in [2.45, 2.75) is 6.92 Å². The summed E-state index contributed by atoms with van der Waals surface area (Å²) in [6, 6.07) is 16.9. The summed E-state index contributed by atoms with van der Waals surface area (Å²) in [5.41, 5.74) is 2.96. The molecule has 1 heterocycles. The van der Waals surface area contributed by atoms with Crippen molar-refractivity contribution >= 4 is 11.9 Å². The average Bonchev–Trinajstić information content (AvgIpc) is 2.83. The van der Waals surface area contributed by atoms with Crippen LogP contribution >= 0.6 is 0 Å². The first-order valence-electron chi connectivity index (χ1n) is 7.64. The van der Waals surface area contributed by atoms with E-state index in [0.29, 0.717) is 5.56 Å². The van der Waals surface area contributed by atoms with Gasteiger partial charge in [-0.1, -0.05) is 18.2 Å². The maximum Gasteiger partial charge on any atom is 0.280 e. The van der Waals surface area contributed by atoms with E-state index in [4.69, 9.17) is 4.74 Å². The van der Waals surface area contributed by atoms with E-state index in [1.807, 2.05) is 73.3 Å². The Morgan fingerprint density at radius 1 is 1.04 bits per heavy atom. The molecule has 0 fully saturated rings. The van der Waals surface area contributed by atoms with Crippen molar-refractivity contribution in [2.24, 2.45) is 12.0 Å². The van der Waals surface area contributed by atoms with E-state index in [1.165, 1.54) is 0 Å². The molecule has 0 saturated heterocycles. The lowest BCUT2D eigenvalue weighted by molar-refractivity contribution is 0.415. The molecule has 0 saturated carbocycles. The summed E-state index contributed by atoms with van der Waals surface area (Å²) >= 11 is 0. The van der Waals surface area contributed by atoms with Crippen molar-refractivity contribution in [1.29, 1.82) is 0 Å². The van der Waals surface area contributed by atoms with Crippen LogP contribution in [-0.4, -0.2) is 22.7 Å². The summed E-state index contributed by atoms with van der Waals surface area (Å²) in [6.45, 7) is 1.91. The topological polar surface area (TPSA) is 48.5 Å². The predicted molar refractivity (Wildman–Crippen MR) is 96.0 cm³/mol. The minimum atomic E-state index is -0.0848. The Kier molecular flexibility index (Phi) is 4.33. The highest BCUT2D eigenvalue weighted by Gasteiger charge is 2.14. The summed E-state index contributed by atoms with van der Waals surface area (Å²) in [6.07, 6.45) is 1.62. The molecule has 0 N–H and O–H groups in total. The van der Waals surface area contributed by atoms with Gasteiger partial charge in [-0.25, -0.2) is 4.68 Å². The van der Waals surface area contributed by atoms with Gasteiger partial charge in [0.25, 0.3) is 5.56 Å². The van der Waals surface area contributed by atoms with Gasteiger partial charge in [0.2, 0.25) is 0 Å². The molecule has 1 aromatic heterocycles. The van der Waals surface area contributed by atoms with Crippen molar-refractivity contribution in [3.05, 3.63) is 76.2 Å². The van der Waals surface area contributed by atoms with Crippen LogP contribution in [0.2, 0.25) is 0 Å². The lowest BCUT2D eigenvalue weighted by atomic mass is 10.2. The molecule has 0 bridgehead atoms. The van der Waals surface area contributed by atoms with Crippen LogP contribution < -0.4 is 10.3 Å². The number of aromatic nitrogens is 2. The minimum Gasteiger partial charge on any atom is -0.497 e. The Hall–Kier alpha value is -3.08. The number of nitrogens with zero attached hydrogens (tertiary/aromatic N) is 3. The maximum absolute atomic E-state index is 12.8. The number of hydrogen-bond donors (Lipinski definition) is 0. The highest BCUT2D eigenvalue weighted by molar-refractivity contribution is 5.83. The number of hydrogen-bond acceptors (Lipinski definition) is 3. The van der Waals surface area contributed by atoms with Gasteiger partial charge in [-0.05, 0) is 43.3 Å². The molecule has 5 heteroatoms. The fourth-order valence-electron chi connectivity index (χ4n) is 2.55. The van der Waals surface area contributed by atoms with E-state index < -0.39 is 0 Å². The smallest absolute Gasteiger partial charge is 0.280 e. The van der Waals surface area contributed by atoms with Crippen LogP contribution in [0, 0.1) is 6.92 Å². The molecule has 0 unspecified atom stereocenters. The molecule has 0 aliphatic rings. The summed E-state index contributed by atoms with van der Waals surface area (Å²) < 4.78 is 8.61. The standard InChI is InChI=1S/C19H19N3O2/c1-14-18(13-20-15-9-11-17(24-3)12-10-15)19(23)22(21(14)2)16-7-5-4-6-8-16/h4-13H,1-3H3. The Bertz CT molecular complexity index is 920. The van der Waals surface area contributed by atoms with Crippen molar-refractivity contribution in [2.75, 3.05) is 7.11 Å². The van der Waals surface area contributed by atoms with Gasteiger partial charge in [0.15, 0.2) is 0 Å². The predicted octanol–water partition coefficient (Wildman–Crippen LogP) is 3.24. The molecule has 24 heavy (non-hydrogen) atoms. The molecular weight excluding hydrogens is 302 g/mol. The van der Waals surface area contributed by atoms with Crippen molar-refractivity contribution in [1.82, 2.24) is 9.36 Å². The Balaban J connectivity index is 2.00. The van der Waals surface area contributed by atoms with Crippen molar-refractivity contribution < 1.29 is 4.74 Å². The van der Waals surface area contributed by atoms with Gasteiger partial charge in [0.05, 0.1) is 24.0 Å². The molecule has 5 nitrogen and oxygen atoms in total. The van der Waals surface area contributed by atoms with E-state index in [1.54, 1.807) is 18.0 Å². The molecule has 0 atom stereocenters. The summed E-state index contributed by atoms with van der Waals surface area (Å²) in [5, 5.41) is 0. The Morgan fingerprint density at radius 3 is 2.33 bits per heavy atom. The van der Waals surface area contributed by atoms with Crippen LogP contribution in [0.1, 0.15) is 11.3 Å². The second-order valence-electron chi connectivity index (χ2n) is 5.43. The van der Waals surface area contributed by atoms with Crippen LogP contribution in [0.3, 0.4) is 0 Å². The van der Waals surface area contributed by atoms with Gasteiger partial charge in [-0.15, -0.1) is 0 Å². The summed E-state index contributed by atoms with van der Waals surface area (Å²) in [5.74, 6) is 0.774. The van der Waals surface area contributed by atoms with Gasteiger partial charge < -0.3 is 4.74 Å². The summed E-state index contributed by atoms with van der Waals surface area (Å²) in [4.78, 5) is 17.2. The van der Waals surface area contributed by atoms with Crippen LogP contribution in [0.15, 0.2) is 64.4 Å². The average molecular weight is 321 g/mol. The fourth-order valence-corrected chi connectivity index (χ4v) is 2.55. The van der Waals surface area contributed by atoms with Crippen molar-refractivity contribution in [3.63, 3.8) is 0 Å². The van der Waals surface area contributed by atoms with Gasteiger partial charge >= 0.3 is 0 Å². The van der Waals surface area contributed by atoms with E-state index >= 15 is 0 Å². The molecule has 3 rings (SSSR count). The van der Waals surface area contributed by atoms with E-state index in [9.17, 15) is 4.79 Å². The maximum atomic E-state index is 12.8. The minimum absolute atomic E-state index is 0.0848. The highest BCUT2D eigenvalue weighted by atomic mass is 16.5. The zero-order valence-corrected chi connectivity index (χ0v) is 13.9. The largest absolute Gasteiger partial charge is 0.497 e. The van der Waals surface area contributed by atoms with Crippen LogP contribution in [0.5, 0.6) is 5.75 Å². The normalized spacial score (nSPS) is 11.1. The number of methoxy groups -OCH3 is 1. The molecular formula is C19H19N3O2. The lowest BCUT2D eigenvalue weighted by Gasteiger charge is -2.07. The van der Waals surface area contributed by atoms with Crippen LogP contribution in [0.25, 0.3) is 5.69 Å². The number of rotatable bonds is 4. The second-order valence-corrected chi connectivity index (χ2v) is 5.43. The third-order valence-corrected chi connectivity index (χ3v) is 4.01. The van der Waals surface area contributed by atoms with E-state index in [2.05, 4.69) is 4.99 Å². The van der Waals surface area contributed by atoms with E-state index in [0.717, 1.165) is 22.8 Å². The zero-order valence-electron chi connectivity index (χ0n) is 13.9. The first kappa shape index (κ1) is 15.8. The number of para-hydroxylation sites is 1. The first-order valence-corrected chi connectivity index (χ1v) is 7.64. The molecule has 0 radical (unpaired) electrons. The molecule has 0 amide bonds. The van der Waals surface area contributed by atoms with Crippen LogP contribution in [0.4, 0.5) is 5.69 Å². The number of aliphatic imine (C=N–C) groups is 1.